The van der Waals surface area contributed by atoms with Crippen molar-refractivity contribution < 1.29 is 69.0 Å². The molecular formula is C62H63O15P3. The lowest BCUT2D eigenvalue weighted by molar-refractivity contribution is -0.242. The van der Waals surface area contributed by atoms with Crippen LogP contribution in [0.15, 0.2) is 243 Å². The van der Waals surface area contributed by atoms with E-state index in [1.807, 2.05) is 84.9 Å². The SMILES string of the molecule is O=P(OCc1ccccc1)(OCc1ccccc1)O[C@@H]1[C@@H](OP(=O)(OCc2ccccc2)OCc2ccccc2)[C@@H](OCc2ccccc2)[C@@H](O)[C@H](OP(=O)(OCc2ccccc2)OCc2ccccc2)[C@H]1OCc1ccccc1. The van der Waals surface area contributed by atoms with Crippen LogP contribution in [0.5, 0.6) is 0 Å². The minimum Gasteiger partial charge on any atom is -0.387 e. The molecular weight excluding hydrogens is 1080 g/mol. The van der Waals surface area contributed by atoms with E-state index in [9.17, 15) is 5.11 Å². The summed E-state index contributed by atoms with van der Waals surface area (Å²) >= 11 is 0. The highest BCUT2D eigenvalue weighted by atomic mass is 31.2. The summed E-state index contributed by atoms with van der Waals surface area (Å²) in [5.41, 5.74) is 5.06. The van der Waals surface area contributed by atoms with Gasteiger partial charge in [-0.05, 0) is 44.5 Å². The molecule has 1 aliphatic carbocycles. The Kier molecular flexibility index (Phi) is 21.7. The first-order chi connectivity index (χ1) is 39.1. The van der Waals surface area contributed by atoms with E-state index in [1.54, 1.807) is 158 Å². The maximum Gasteiger partial charge on any atom is 0.475 e. The second-order valence-electron chi connectivity index (χ2n) is 18.6. The highest BCUT2D eigenvalue weighted by Gasteiger charge is 2.60. The van der Waals surface area contributed by atoms with Crippen LogP contribution in [0.2, 0.25) is 0 Å². The number of rotatable bonds is 30. The maximum absolute atomic E-state index is 15.9. The number of ether oxygens (including phenoxy) is 2. The van der Waals surface area contributed by atoms with Crippen LogP contribution < -0.4 is 0 Å². The summed E-state index contributed by atoms with van der Waals surface area (Å²) < 4.78 is 118. The molecule has 1 N–H and O–H groups in total. The molecule has 0 amide bonds. The van der Waals surface area contributed by atoms with Gasteiger partial charge in [-0.2, -0.15) is 0 Å². The average Bonchev–Trinajstić information content (AvgIpc) is 3.60. The molecule has 1 saturated carbocycles. The van der Waals surface area contributed by atoms with Gasteiger partial charge in [0, 0.05) is 0 Å². The van der Waals surface area contributed by atoms with Crippen molar-refractivity contribution in [2.75, 3.05) is 0 Å². The van der Waals surface area contributed by atoms with Crippen LogP contribution in [0.4, 0.5) is 0 Å². The Labute approximate surface area is 467 Å². The molecule has 15 nitrogen and oxygen atoms in total. The lowest BCUT2D eigenvalue weighted by Crippen LogP contribution is -2.66. The molecule has 0 heterocycles. The van der Waals surface area contributed by atoms with Crippen molar-refractivity contribution >= 4 is 23.5 Å². The summed E-state index contributed by atoms with van der Waals surface area (Å²) in [5.74, 6) is 0. The van der Waals surface area contributed by atoms with Gasteiger partial charge >= 0.3 is 23.5 Å². The zero-order chi connectivity index (χ0) is 55.3. The number of phosphoric ester groups is 3. The molecule has 80 heavy (non-hydrogen) atoms. The number of aliphatic hydroxyl groups is 1. The largest absolute Gasteiger partial charge is 0.475 e. The molecule has 9 rings (SSSR count). The van der Waals surface area contributed by atoms with Gasteiger partial charge in [0.25, 0.3) is 0 Å². The summed E-state index contributed by atoms with van der Waals surface area (Å²) in [7, 11) is -14.7. The van der Waals surface area contributed by atoms with Gasteiger partial charge < -0.3 is 14.6 Å². The van der Waals surface area contributed by atoms with E-state index in [0.717, 1.165) is 0 Å². The van der Waals surface area contributed by atoms with Crippen LogP contribution in [-0.2, 0) is 117 Å². The Bertz CT molecular complexity index is 3050. The zero-order valence-corrected chi connectivity index (χ0v) is 46.4. The van der Waals surface area contributed by atoms with Crippen molar-refractivity contribution in [3.05, 3.63) is 287 Å². The molecule has 0 bridgehead atoms. The lowest BCUT2D eigenvalue weighted by Gasteiger charge is -2.48. The van der Waals surface area contributed by atoms with E-state index in [-0.39, 0.29) is 52.9 Å². The van der Waals surface area contributed by atoms with Crippen molar-refractivity contribution in [1.29, 1.82) is 0 Å². The Balaban J connectivity index is 1.19. The number of aliphatic hydroxyl groups excluding tert-OH is 1. The fourth-order valence-corrected chi connectivity index (χ4v) is 12.6. The molecule has 8 aromatic carbocycles. The Morgan fingerprint density at radius 2 is 0.438 bits per heavy atom. The highest BCUT2D eigenvalue weighted by molar-refractivity contribution is 7.49. The molecule has 0 unspecified atom stereocenters. The van der Waals surface area contributed by atoms with Gasteiger partial charge in [0.1, 0.15) is 36.6 Å². The van der Waals surface area contributed by atoms with Crippen molar-refractivity contribution in [1.82, 2.24) is 0 Å². The van der Waals surface area contributed by atoms with Gasteiger partial charge in [0.05, 0.1) is 52.9 Å². The molecule has 18 heteroatoms. The van der Waals surface area contributed by atoms with Crippen LogP contribution >= 0.6 is 23.5 Å². The van der Waals surface area contributed by atoms with E-state index in [0.29, 0.717) is 44.5 Å². The summed E-state index contributed by atoms with van der Waals surface area (Å²) in [6.07, 6.45) is -10.8. The number of hydrogen-bond donors (Lipinski definition) is 1. The Morgan fingerprint density at radius 3 is 0.675 bits per heavy atom. The van der Waals surface area contributed by atoms with E-state index >= 15 is 13.7 Å². The van der Waals surface area contributed by atoms with Crippen molar-refractivity contribution in [2.24, 2.45) is 0 Å². The highest BCUT2D eigenvalue weighted by Crippen LogP contribution is 2.60. The van der Waals surface area contributed by atoms with Crippen LogP contribution in [0.3, 0.4) is 0 Å². The van der Waals surface area contributed by atoms with Gasteiger partial charge in [0.15, 0.2) is 0 Å². The van der Waals surface area contributed by atoms with Gasteiger partial charge in [-0.1, -0.05) is 243 Å². The minimum absolute atomic E-state index is 0.184. The second-order valence-corrected chi connectivity index (χ2v) is 23.5. The van der Waals surface area contributed by atoms with Crippen molar-refractivity contribution in [2.45, 2.75) is 89.5 Å². The average molecular weight is 1140 g/mol. The first-order valence-electron chi connectivity index (χ1n) is 26.1. The zero-order valence-electron chi connectivity index (χ0n) is 43.7. The Morgan fingerprint density at radius 1 is 0.250 bits per heavy atom. The normalized spacial score (nSPS) is 18.7. The number of phosphoric acid groups is 3. The van der Waals surface area contributed by atoms with Crippen LogP contribution in [-0.4, -0.2) is 41.7 Å². The fraction of sp³-hybridized carbons (Fsp3) is 0.226. The summed E-state index contributed by atoms with van der Waals surface area (Å²) in [6.45, 7) is -1.95. The van der Waals surface area contributed by atoms with Gasteiger partial charge in [-0.15, -0.1) is 0 Å². The molecule has 0 aromatic heterocycles. The smallest absolute Gasteiger partial charge is 0.387 e. The standard InChI is InChI=1S/C62H63O15P3/c63-57-58(67-41-49-25-9-1-10-26-49)61(76-79(65,71-45-53-33-17-5-18-34-53)72-46-54-35-19-6-20-36-54)62(77-80(66,73-47-55-37-21-7-22-38-55)74-48-56-39-23-8-24-40-56)60(68-42-50-27-11-2-12-28-50)59(57)75-78(64,69-43-51-29-13-3-14-30-51)70-44-52-31-15-4-16-32-52/h1-40,57-63H,41-48H2/t57-,58+,59+,60-,61+,62+/m1/s1. The molecule has 0 radical (unpaired) electrons. The third-order valence-corrected chi connectivity index (χ3v) is 16.9. The fourth-order valence-electron chi connectivity index (χ4n) is 8.52. The van der Waals surface area contributed by atoms with Crippen molar-refractivity contribution in [3.8, 4) is 0 Å². The first-order valence-corrected chi connectivity index (χ1v) is 30.4. The van der Waals surface area contributed by atoms with Crippen LogP contribution in [0.1, 0.15) is 44.5 Å². The molecule has 0 spiro atoms. The topological polar surface area (TPSA) is 173 Å². The predicted molar refractivity (Wildman–Crippen MR) is 301 cm³/mol. The predicted octanol–water partition coefficient (Wildman–Crippen LogP) is 14.3. The summed E-state index contributed by atoms with van der Waals surface area (Å²) in [4.78, 5) is 0. The molecule has 6 atom stereocenters. The second kappa shape index (κ2) is 29.6. The van der Waals surface area contributed by atoms with Gasteiger partial charge in [-0.3, -0.25) is 40.7 Å². The van der Waals surface area contributed by atoms with E-state index in [4.69, 9.17) is 50.2 Å². The third kappa shape index (κ3) is 17.7. The number of hydrogen-bond acceptors (Lipinski definition) is 15. The molecule has 0 saturated heterocycles. The molecule has 0 aliphatic heterocycles. The first kappa shape index (κ1) is 58.6. The molecule has 1 aliphatic rings. The molecule has 416 valence electrons. The minimum atomic E-state index is -4.94. The van der Waals surface area contributed by atoms with Crippen molar-refractivity contribution in [3.63, 3.8) is 0 Å². The third-order valence-electron chi connectivity index (χ3n) is 12.7. The number of benzene rings is 8. The Hall–Kier alpha value is -6.03. The van der Waals surface area contributed by atoms with Gasteiger partial charge in [-0.25, -0.2) is 13.7 Å². The maximum atomic E-state index is 15.9. The molecule has 8 aromatic rings. The summed E-state index contributed by atoms with van der Waals surface area (Å²) in [6, 6.07) is 72.1. The monoisotopic (exact) mass is 1140 g/mol. The lowest BCUT2D eigenvalue weighted by atomic mass is 9.84. The molecule has 1 fully saturated rings. The van der Waals surface area contributed by atoms with E-state index < -0.39 is 60.1 Å². The van der Waals surface area contributed by atoms with Crippen LogP contribution in [0.25, 0.3) is 0 Å². The van der Waals surface area contributed by atoms with Crippen LogP contribution in [0, 0.1) is 0 Å². The quantitative estimate of drug-likeness (QED) is 0.0421. The van der Waals surface area contributed by atoms with E-state index in [2.05, 4.69) is 0 Å². The van der Waals surface area contributed by atoms with E-state index in [1.165, 1.54) is 0 Å². The summed E-state index contributed by atoms with van der Waals surface area (Å²) in [5, 5.41) is 13.2. The van der Waals surface area contributed by atoms with Gasteiger partial charge in [0.2, 0.25) is 0 Å².